The van der Waals surface area contributed by atoms with Crippen LogP contribution in [0.1, 0.15) is 28.8 Å². The fourth-order valence-electron chi connectivity index (χ4n) is 9.63. The van der Waals surface area contributed by atoms with Crippen molar-refractivity contribution in [2.45, 2.75) is 22.2 Å². The first-order valence-corrected chi connectivity index (χ1v) is 21.0. The number of thioether (sulfide) groups is 1. The van der Waals surface area contributed by atoms with Crippen molar-refractivity contribution in [2.24, 2.45) is 21.8 Å². The van der Waals surface area contributed by atoms with E-state index in [0.717, 1.165) is 55.9 Å². The zero-order chi connectivity index (χ0) is 38.2. The van der Waals surface area contributed by atoms with Crippen molar-refractivity contribution in [1.82, 2.24) is 5.32 Å². The van der Waals surface area contributed by atoms with Gasteiger partial charge in [0.2, 0.25) is 0 Å². The van der Waals surface area contributed by atoms with Gasteiger partial charge in [-0.15, -0.1) is 11.8 Å². The van der Waals surface area contributed by atoms with Gasteiger partial charge in [0.05, 0.1) is 0 Å². The normalized spacial score (nSPS) is 21.6. The lowest BCUT2D eigenvalue weighted by atomic mass is 9.57. The Balaban J connectivity index is 0.941. The molecule has 8 aromatic rings. The van der Waals surface area contributed by atoms with Crippen molar-refractivity contribution in [2.75, 3.05) is 0 Å². The van der Waals surface area contributed by atoms with Crippen LogP contribution in [-0.2, 0) is 0 Å². The molecule has 0 bridgehead atoms. The van der Waals surface area contributed by atoms with Gasteiger partial charge in [0.15, 0.2) is 6.17 Å². The van der Waals surface area contributed by atoms with Crippen molar-refractivity contribution >= 4 is 45.4 Å². The SMILES string of the molecule is C1=C[C@@H]2C3Sc4ccccc4C3C2C(C2=NC(c3cccc4oc5ccc(-c6cccc(-c7ccc(-c8ccccc8)cc7)c6)cc5c34)N=C(c3ccccc3)N2)=C1. The van der Waals surface area contributed by atoms with Crippen molar-refractivity contribution < 1.29 is 4.42 Å². The minimum absolute atomic E-state index is 0.360. The molecule has 1 aromatic heterocycles. The third kappa shape index (κ3) is 5.45. The largest absolute Gasteiger partial charge is 0.456 e. The summed E-state index contributed by atoms with van der Waals surface area (Å²) < 4.78 is 6.56. The number of fused-ring (bicyclic) bond motifs is 9. The number of nitrogens with zero attached hydrogens (tertiary/aromatic N) is 2. The predicted octanol–water partition coefficient (Wildman–Crippen LogP) is 13.0. The summed E-state index contributed by atoms with van der Waals surface area (Å²) in [6.07, 6.45) is 6.47. The van der Waals surface area contributed by atoms with Crippen LogP contribution < -0.4 is 5.32 Å². The van der Waals surface area contributed by atoms with Crippen molar-refractivity contribution in [3.8, 4) is 33.4 Å². The van der Waals surface area contributed by atoms with Crippen LogP contribution in [0.3, 0.4) is 0 Å². The standard InChI is InChI=1S/C53H37N3OS/c1-3-12-32(13-4-1)33-24-26-34(27-25-33)36-16-9-17-37(30-36)38-28-29-44-43(31-38)47-41(21-11-22-45(47)57-44)52-54-51(35-14-5-2-6-15-35)55-53(56-52)42-20-10-19-40-48(42)49-39-18-7-8-23-46(39)58-50(40)49/h1-31,40,48-50,52H,(H,54,55,56)/t40-,48?,49?,50?,52?/m0/s1. The summed E-state index contributed by atoms with van der Waals surface area (Å²) in [6, 6.07) is 60.5. The molecule has 12 rings (SSSR count). The first kappa shape index (κ1) is 33.4. The van der Waals surface area contributed by atoms with E-state index in [4.69, 9.17) is 14.4 Å². The minimum atomic E-state index is -0.465. The number of aliphatic imine (C=N–C) groups is 2. The fourth-order valence-corrected chi connectivity index (χ4v) is 11.3. The van der Waals surface area contributed by atoms with Crippen LogP contribution >= 0.6 is 11.8 Å². The van der Waals surface area contributed by atoms with E-state index < -0.39 is 6.17 Å². The Morgan fingerprint density at radius 2 is 1.12 bits per heavy atom. The van der Waals surface area contributed by atoms with Crippen molar-refractivity contribution in [1.29, 1.82) is 0 Å². The van der Waals surface area contributed by atoms with Crippen molar-refractivity contribution in [3.63, 3.8) is 0 Å². The highest BCUT2D eigenvalue weighted by molar-refractivity contribution is 8.00. The van der Waals surface area contributed by atoms with Gasteiger partial charge in [0.1, 0.15) is 22.8 Å². The van der Waals surface area contributed by atoms with E-state index in [1.54, 1.807) is 0 Å². The topological polar surface area (TPSA) is 49.9 Å². The lowest BCUT2D eigenvalue weighted by Gasteiger charge is -2.50. The second kappa shape index (κ2) is 13.5. The summed E-state index contributed by atoms with van der Waals surface area (Å²) >= 11 is 2.04. The first-order chi connectivity index (χ1) is 28.7. The summed E-state index contributed by atoms with van der Waals surface area (Å²) in [7, 11) is 0. The summed E-state index contributed by atoms with van der Waals surface area (Å²) in [5.74, 6) is 3.04. The van der Waals surface area contributed by atoms with Crippen LogP contribution in [0.25, 0.3) is 55.3 Å². The van der Waals surface area contributed by atoms with Gasteiger partial charge in [-0.2, -0.15) is 0 Å². The van der Waals surface area contributed by atoms with Crippen LogP contribution in [-0.4, -0.2) is 16.9 Å². The Labute approximate surface area is 341 Å². The van der Waals surface area contributed by atoms with E-state index in [1.165, 1.54) is 38.3 Å². The molecule has 1 fully saturated rings. The van der Waals surface area contributed by atoms with Gasteiger partial charge in [0.25, 0.3) is 0 Å². The molecule has 2 aliphatic heterocycles. The summed E-state index contributed by atoms with van der Waals surface area (Å²) in [6.45, 7) is 0. The van der Waals surface area contributed by atoms with E-state index in [9.17, 15) is 0 Å². The molecule has 276 valence electrons. The smallest absolute Gasteiger partial charge is 0.170 e. The van der Waals surface area contributed by atoms with Gasteiger partial charge >= 0.3 is 0 Å². The Bertz CT molecular complexity index is 3030. The molecule has 0 spiro atoms. The van der Waals surface area contributed by atoms with E-state index >= 15 is 0 Å². The maximum atomic E-state index is 6.56. The number of allylic oxidation sites excluding steroid dienone is 3. The number of rotatable bonds is 6. The maximum Gasteiger partial charge on any atom is 0.170 e. The molecule has 5 heteroatoms. The van der Waals surface area contributed by atoms with E-state index in [1.807, 2.05) is 11.8 Å². The summed E-state index contributed by atoms with van der Waals surface area (Å²) in [5.41, 5.74) is 13.6. The number of nitrogens with one attached hydrogen (secondary N) is 1. The van der Waals surface area contributed by atoms with E-state index in [2.05, 4.69) is 193 Å². The molecule has 1 saturated carbocycles. The van der Waals surface area contributed by atoms with Crippen molar-refractivity contribution in [3.05, 3.63) is 210 Å². The highest BCUT2D eigenvalue weighted by atomic mass is 32.2. The van der Waals surface area contributed by atoms with Gasteiger partial charge in [-0.05, 0) is 80.8 Å². The van der Waals surface area contributed by atoms with Crippen LogP contribution in [0.15, 0.2) is 213 Å². The molecule has 58 heavy (non-hydrogen) atoms. The molecule has 7 aromatic carbocycles. The average molecular weight is 764 g/mol. The minimum Gasteiger partial charge on any atom is -0.456 e. The lowest BCUT2D eigenvalue weighted by Crippen LogP contribution is -2.50. The maximum absolute atomic E-state index is 6.56. The molecule has 0 amide bonds. The van der Waals surface area contributed by atoms with Crippen LogP contribution in [0, 0.1) is 11.8 Å². The van der Waals surface area contributed by atoms with Crippen LogP contribution in [0.4, 0.5) is 0 Å². The molecule has 4 nitrogen and oxygen atoms in total. The van der Waals surface area contributed by atoms with E-state index in [-0.39, 0.29) is 0 Å². The molecule has 3 heterocycles. The molecule has 0 saturated heterocycles. The van der Waals surface area contributed by atoms with Gasteiger partial charge in [-0.1, -0.05) is 158 Å². The predicted molar refractivity (Wildman–Crippen MR) is 239 cm³/mol. The highest BCUT2D eigenvalue weighted by Crippen LogP contribution is 2.65. The second-order valence-electron chi connectivity index (χ2n) is 15.6. The highest BCUT2D eigenvalue weighted by Gasteiger charge is 2.57. The lowest BCUT2D eigenvalue weighted by molar-refractivity contribution is 0.237. The molecule has 0 radical (unpaired) electrons. The third-order valence-corrected chi connectivity index (χ3v) is 13.9. The second-order valence-corrected chi connectivity index (χ2v) is 16.9. The Morgan fingerprint density at radius 3 is 1.95 bits per heavy atom. The molecule has 2 aliphatic carbocycles. The average Bonchev–Trinajstić information content (AvgIpc) is 3.84. The molecular weight excluding hydrogens is 727 g/mol. The molecule has 1 N–H and O–H groups in total. The Morgan fingerprint density at radius 1 is 0.500 bits per heavy atom. The third-order valence-electron chi connectivity index (χ3n) is 12.4. The molecule has 4 unspecified atom stereocenters. The molecule has 4 aliphatic rings. The monoisotopic (exact) mass is 763 g/mol. The summed E-state index contributed by atoms with van der Waals surface area (Å²) in [4.78, 5) is 12.3. The number of furan rings is 1. The van der Waals surface area contributed by atoms with Crippen LogP contribution in [0.5, 0.6) is 0 Å². The number of hydrogen-bond donors (Lipinski definition) is 1. The number of benzene rings is 7. The van der Waals surface area contributed by atoms with E-state index in [0.29, 0.717) is 23.0 Å². The number of hydrogen-bond acceptors (Lipinski definition) is 5. The van der Waals surface area contributed by atoms with Gasteiger partial charge in [-0.25, -0.2) is 9.98 Å². The Kier molecular flexibility index (Phi) is 7.77. The Hall–Kier alpha value is -6.69. The van der Waals surface area contributed by atoms with Crippen LogP contribution in [0.2, 0.25) is 0 Å². The molecular formula is C53H37N3OS. The molecule has 5 atom stereocenters. The first-order valence-electron chi connectivity index (χ1n) is 20.1. The van der Waals surface area contributed by atoms with Gasteiger partial charge in [-0.3, -0.25) is 0 Å². The number of amidine groups is 2. The van der Waals surface area contributed by atoms with Gasteiger partial charge < -0.3 is 9.73 Å². The zero-order valence-corrected chi connectivity index (χ0v) is 32.3. The summed E-state index contributed by atoms with van der Waals surface area (Å²) in [5, 5.41) is 6.41. The fraction of sp³-hybridized carbons (Fsp3) is 0.0943. The van der Waals surface area contributed by atoms with Gasteiger partial charge in [0, 0.05) is 43.9 Å². The zero-order valence-electron chi connectivity index (χ0n) is 31.5. The quantitative estimate of drug-likeness (QED) is 0.183.